The number of rotatable bonds is 8. The lowest BCUT2D eigenvalue weighted by molar-refractivity contribution is 1.04. The van der Waals surface area contributed by atoms with E-state index in [-0.39, 0.29) is 0 Å². The highest BCUT2D eigenvalue weighted by Crippen LogP contribution is 2.38. The van der Waals surface area contributed by atoms with Crippen LogP contribution in [0.2, 0.25) is 0 Å². The maximum atomic E-state index is 5.14. The fourth-order valence-corrected chi connectivity index (χ4v) is 6.02. The van der Waals surface area contributed by atoms with Crippen molar-refractivity contribution in [1.29, 1.82) is 0 Å². The minimum Gasteiger partial charge on any atom is -0.309 e. The molecule has 2 heterocycles. The van der Waals surface area contributed by atoms with E-state index in [1.165, 1.54) is 16.7 Å². The Morgan fingerprint density at radius 1 is 0.733 bits per heavy atom. The molecule has 0 saturated carbocycles. The summed E-state index contributed by atoms with van der Waals surface area (Å²) in [5.74, 6) is 1.76. The molecule has 0 spiro atoms. The molecule has 0 radical (unpaired) electrons. The summed E-state index contributed by atoms with van der Waals surface area (Å²) in [6, 6.07) is 27.5. The van der Waals surface area contributed by atoms with Crippen molar-refractivity contribution in [1.82, 2.24) is 19.5 Å². The van der Waals surface area contributed by atoms with Crippen molar-refractivity contribution in [3.8, 4) is 33.9 Å². The van der Waals surface area contributed by atoms with Crippen LogP contribution in [0.5, 0.6) is 0 Å². The Kier molecular flexibility index (Phi) is 7.97. The summed E-state index contributed by atoms with van der Waals surface area (Å²) in [7, 11) is 0. The first kappa shape index (κ1) is 29.5. The molecule has 0 aliphatic heterocycles. The quantitative estimate of drug-likeness (QED) is 0.167. The van der Waals surface area contributed by atoms with E-state index in [9.17, 15) is 0 Å². The van der Waals surface area contributed by atoms with Crippen LogP contribution in [0.15, 0.2) is 129 Å². The van der Waals surface area contributed by atoms with Crippen molar-refractivity contribution in [3.63, 3.8) is 0 Å². The van der Waals surface area contributed by atoms with Crippen LogP contribution in [0.1, 0.15) is 29.4 Å². The molecule has 0 aliphatic rings. The Morgan fingerprint density at radius 2 is 1.44 bits per heavy atom. The van der Waals surface area contributed by atoms with Crippen LogP contribution < -0.4 is 0 Å². The molecule has 0 amide bonds. The SMILES string of the molecule is C=C/C=C(\C=C)n1c2ccccc2c2cc(-c3nc(C(=C)/C=C\C)nc(-c4cccc(C)c4-c4cccc(C)c4C)n3)ccc21. The van der Waals surface area contributed by atoms with Gasteiger partial charge in [0.05, 0.1) is 11.0 Å². The van der Waals surface area contributed by atoms with Gasteiger partial charge in [-0.25, -0.2) is 15.0 Å². The fraction of sp³-hybridized carbons (Fsp3) is 0.0976. The summed E-state index contributed by atoms with van der Waals surface area (Å²) in [5.41, 5.74) is 11.7. The number of hydrogen-bond acceptors (Lipinski definition) is 3. The van der Waals surface area contributed by atoms with Gasteiger partial charge >= 0.3 is 0 Å². The second kappa shape index (κ2) is 12.2. The van der Waals surface area contributed by atoms with Crippen LogP contribution in [0, 0.1) is 20.8 Å². The van der Waals surface area contributed by atoms with Gasteiger partial charge in [0.1, 0.15) is 0 Å². The van der Waals surface area contributed by atoms with Crippen molar-refractivity contribution in [2.45, 2.75) is 27.7 Å². The Bertz CT molecular complexity index is 2210. The van der Waals surface area contributed by atoms with Crippen molar-refractivity contribution in [3.05, 3.63) is 151 Å². The summed E-state index contributed by atoms with van der Waals surface area (Å²) < 4.78 is 2.21. The van der Waals surface area contributed by atoms with Crippen molar-refractivity contribution < 1.29 is 0 Å². The Balaban J connectivity index is 1.62. The normalized spacial score (nSPS) is 11.9. The van der Waals surface area contributed by atoms with E-state index in [0.29, 0.717) is 17.5 Å². The van der Waals surface area contributed by atoms with Gasteiger partial charge in [0.2, 0.25) is 0 Å². The minimum atomic E-state index is 0.548. The topological polar surface area (TPSA) is 43.6 Å². The number of allylic oxidation sites excluding steroid dienone is 7. The third kappa shape index (κ3) is 5.25. The van der Waals surface area contributed by atoms with Gasteiger partial charge in [-0.2, -0.15) is 0 Å². The molecule has 4 nitrogen and oxygen atoms in total. The second-order valence-electron chi connectivity index (χ2n) is 11.2. The molecule has 4 heteroatoms. The fourth-order valence-electron chi connectivity index (χ4n) is 6.02. The van der Waals surface area contributed by atoms with E-state index in [2.05, 4.69) is 124 Å². The highest BCUT2D eigenvalue weighted by atomic mass is 15.0. The third-order valence-electron chi connectivity index (χ3n) is 8.36. The predicted molar refractivity (Wildman–Crippen MR) is 192 cm³/mol. The molecular formula is C41H36N4. The summed E-state index contributed by atoms with van der Waals surface area (Å²) in [4.78, 5) is 15.1. The summed E-state index contributed by atoms with van der Waals surface area (Å²) in [6.07, 6.45) is 9.50. The Labute approximate surface area is 265 Å². The number of nitrogens with zero attached hydrogens (tertiary/aromatic N) is 4. The molecule has 45 heavy (non-hydrogen) atoms. The first-order valence-electron chi connectivity index (χ1n) is 15.1. The van der Waals surface area contributed by atoms with Crippen LogP contribution in [0.3, 0.4) is 0 Å². The van der Waals surface area contributed by atoms with Crippen LogP contribution >= 0.6 is 0 Å². The lowest BCUT2D eigenvalue weighted by Gasteiger charge is -2.17. The first-order valence-corrected chi connectivity index (χ1v) is 15.1. The molecule has 0 unspecified atom stereocenters. The molecule has 0 saturated heterocycles. The second-order valence-corrected chi connectivity index (χ2v) is 11.2. The summed E-state index contributed by atoms with van der Waals surface area (Å²) in [5, 5.41) is 2.23. The van der Waals surface area contributed by atoms with Gasteiger partial charge < -0.3 is 4.57 Å². The number of benzene rings is 4. The summed E-state index contributed by atoms with van der Waals surface area (Å²) >= 11 is 0. The molecule has 6 aromatic rings. The molecule has 0 fully saturated rings. The average Bonchev–Trinajstić information content (AvgIpc) is 3.38. The van der Waals surface area contributed by atoms with E-state index < -0.39 is 0 Å². The van der Waals surface area contributed by atoms with Crippen LogP contribution in [0.4, 0.5) is 0 Å². The average molecular weight is 585 g/mol. The molecule has 0 aliphatic carbocycles. The lowest BCUT2D eigenvalue weighted by atomic mass is 9.90. The minimum absolute atomic E-state index is 0.548. The molecular weight excluding hydrogens is 548 g/mol. The van der Waals surface area contributed by atoms with Gasteiger partial charge in [0, 0.05) is 33.2 Å². The molecule has 4 aromatic carbocycles. The van der Waals surface area contributed by atoms with E-state index in [1.807, 2.05) is 31.2 Å². The zero-order valence-electron chi connectivity index (χ0n) is 26.3. The largest absolute Gasteiger partial charge is 0.309 e. The standard InChI is InChI=1S/C41H36N4/c1-8-15-28(6)39-42-40(44-41(43-39)34-21-14-18-27(5)38(34)32-20-13-17-26(4)29(32)7)30-23-24-37-35(25-30)33-19-11-12-22-36(33)45(37)31(10-3)16-9-2/h8-25H,2-3,6H2,1,4-5,7H3/b15-8-,31-16+. The number of fused-ring (bicyclic) bond motifs is 3. The molecule has 0 atom stereocenters. The number of aromatic nitrogens is 4. The molecule has 0 bridgehead atoms. The van der Waals surface area contributed by atoms with Gasteiger partial charge in [-0.15, -0.1) is 0 Å². The molecule has 0 N–H and O–H groups in total. The zero-order chi connectivity index (χ0) is 31.7. The Hall–Kier alpha value is -5.61. The number of hydrogen-bond donors (Lipinski definition) is 0. The van der Waals surface area contributed by atoms with Crippen molar-refractivity contribution in [2.75, 3.05) is 0 Å². The van der Waals surface area contributed by atoms with Gasteiger partial charge in [-0.3, -0.25) is 0 Å². The van der Waals surface area contributed by atoms with Crippen LogP contribution in [-0.4, -0.2) is 19.5 Å². The monoisotopic (exact) mass is 584 g/mol. The highest BCUT2D eigenvalue weighted by molar-refractivity contribution is 6.11. The van der Waals surface area contributed by atoms with E-state index >= 15 is 0 Å². The number of aryl methyl sites for hydroxylation is 2. The van der Waals surface area contributed by atoms with Gasteiger partial charge in [-0.05, 0) is 91.9 Å². The molecule has 2 aromatic heterocycles. The highest BCUT2D eigenvalue weighted by Gasteiger charge is 2.19. The van der Waals surface area contributed by atoms with Crippen LogP contribution in [0.25, 0.3) is 67.0 Å². The number of para-hydroxylation sites is 1. The first-order chi connectivity index (χ1) is 21.9. The van der Waals surface area contributed by atoms with E-state index in [1.54, 1.807) is 6.08 Å². The predicted octanol–water partition coefficient (Wildman–Crippen LogP) is 10.7. The maximum absolute atomic E-state index is 5.14. The van der Waals surface area contributed by atoms with Gasteiger partial charge in [0.15, 0.2) is 17.5 Å². The Morgan fingerprint density at radius 3 is 2.20 bits per heavy atom. The molecule has 220 valence electrons. The van der Waals surface area contributed by atoms with Crippen molar-refractivity contribution in [2.24, 2.45) is 0 Å². The lowest BCUT2D eigenvalue weighted by Crippen LogP contribution is -2.03. The van der Waals surface area contributed by atoms with Gasteiger partial charge in [-0.1, -0.05) is 92.6 Å². The van der Waals surface area contributed by atoms with E-state index in [0.717, 1.165) is 55.3 Å². The van der Waals surface area contributed by atoms with E-state index in [4.69, 9.17) is 15.0 Å². The smallest absolute Gasteiger partial charge is 0.164 e. The zero-order valence-corrected chi connectivity index (χ0v) is 26.3. The maximum Gasteiger partial charge on any atom is 0.164 e. The van der Waals surface area contributed by atoms with Gasteiger partial charge in [0.25, 0.3) is 0 Å². The molecule has 6 rings (SSSR count). The van der Waals surface area contributed by atoms with Crippen molar-refractivity contribution >= 4 is 33.1 Å². The third-order valence-corrected chi connectivity index (χ3v) is 8.36. The summed E-state index contributed by atoms with van der Waals surface area (Å²) in [6.45, 7) is 20.7. The van der Waals surface area contributed by atoms with Crippen LogP contribution in [-0.2, 0) is 0 Å².